The summed E-state index contributed by atoms with van der Waals surface area (Å²) < 4.78 is 22.4. The van der Waals surface area contributed by atoms with Crippen molar-refractivity contribution in [1.82, 2.24) is 16.0 Å². The second-order valence-electron chi connectivity index (χ2n) is 6.88. The highest BCUT2D eigenvalue weighted by Crippen LogP contribution is 2.13. The van der Waals surface area contributed by atoms with Gasteiger partial charge in [0, 0.05) is 24.9 Å². The lowest BCUT2D eigenvalue weighted by molar-refractivity contribution is -0.121. The molecule has 0 spiro atoms. The van der Waals surface area contributed by atoms with E-state index in [0.29, 0.717) is 12.5 Å². The summed E-state index contributed by atoms with van der Waals surface area (Å²) in [6, 6.07) is 0. The topological polar surface area (TPSA) is 99.7 Å². The summed E-state index contributed by atoms with van der Waals surface area (Å²) in [5.41, 5.74) is -0.309. The predicted molar refractivity (Wildman–Crippen MR) is 90.8 cm³/mol. The van der Waals surface area contributed by atoms with E-state index in [9.17, 15) is 13.2 Å². The molecule has 0 saturated heterocycles. The highest BCUT2D eigenvalue weighted by atomic mass is 32.2. The van der Waals surface area contributed by atoms with Gasteiger partial charge in [-0.05, 0) is 41.5 Å². The molecule has 22 heavy (non-hydrogen) atoms. The van der Waals surface area contributed by atoms with Crippen LogP contribution in [0.5, 0.6) is 0 Å². The molecule has 0 aromatic rings. The van der Waals surface area contributed by atoms with Gasteiger partial charge in [-0.15, -0.1) is 0 Å². The summed E-state index contributed by atoms with van der Waals surface area (Å²) in [5, 5.41) is 8.77. The van der Waals surface area contributed by atoms with Crippen LogP contribution in [0.25, 0.3) is 0 Å². The molecule has 0 aromatic heterocycles. The Bertz CT molecular complexity index is 505. The van der Waals surface area contributed by atoms with E-state index in [2.05, 4.69) is 20.9 Å². The van der Waals surface area contributed by atoms with Crippen LogP contribution < -0.4 is 16.0 Å². The van der Waals surface area contributed by atoms with Gasteiger partial charge in [0.15, 0.2) is 15.8 Å². The summed E-state index contributed by atoms with van der Waals surface area (Å²) in [5.74, 6) is 0.232. The Labute approximate surface area is 134 Å². The lowest BCUT2D eigenvalue weighted by Gasteiger charge is -2.24. The van der Waals surface area contributed by atoms with Crippen molar-refractivity contribution in [2.75, 3.05) is 25.9 Å². The second kappa shape index (κ2) is 7.80. The molecular weight excluding hydrogens is 304 g/mol. The van der Waals surface area contributed by atoms with Gasteiger partial charge in [0.1, 0.15) is 6.54 Å². The molecule has 0 aliphatic carbocycles. The number of nitrogens with zero attached hydrogens (tertiary/aromatic N) is 1. The Morgan fingerprint density at radius 2 is 1.64 bits per heavy atom. The van der Waals surface area contributed by atoms with Crippen molar-refractivity contribution < 1.29 is 13.2 Å². The van der Waals surface area contributed by atoms with E-state index >= 15 is 0 Å². The van der Waals surface area contributed by atoms with E-state index < -0.39 is 14.6 Å². The highest BCUT2D eigenvalue weighted by molar-refractivity contribution is 7.92. The highest BCUT2D eigenvalue weighted by Gasteiger charge is 2.30. The third-order valence-corrected chi connectivity index (χ3v) is 5.08. The Balaban J connectivity index is 4.74. The zero-order chi connectivity index (χ0) is 17.6. The van der Waals surface area contributed by atoms with E-state index in [1.165, 1.54) is 6.26 Å². The number of sulfone groups is 1. The van der Waals surface area contributed by atoms with Gasteiger partial charge in [-0.25, -0.2) is 13.4 Å². The minimum Gasteiger partial charge on any atom is -0.357 e. The molecule has 3 N–H and O–H groups in total. The second-order valence-corrected chi connectivity index (χ2v) is 9.53. The Hall–Kier alpha value is -1.31. The molecule has 0 atom stereocenters. The number of carbonyl (C=O) groups excluding carboxylic acids is 1. The third-order valence-electron chi connectivity index (χ3n) is 2.92. The molecular formula is C14H30N4O3S. The van der Waals surface area contributed by atoms with Crippen molar-refractivity contribution in [2.45, 2.75) is 51.8 Å². The molecule has 0 aliphatic heterocycles. The molecule has 0 aliphatic rings. The summed E-state index contributed by atoms with van der Waals surface area (Å²) in [6.45, 7) is 11.7. The summed E-state index contributed by atoms with van der Waals surface area (Å²) in [7, 11) is -3.19. The van der Waals surface area contributed by atoms with Gasteiger partial charge < -0.3 is 16.0 Å². The lowest BCUT2D eigenvalue weighted by atomic mass is 10.1. The molecule has 130 valence electrons. The SMILES string of the molecule is CCNC(=NCC(=O)NC(C)(C)C)NCC(C)(C)S(C)(=O)=O. The molecule has 0 heterocycles. The summed E-state index contributed by atoms with van der Waals surface area (Å²) in [4.78, 5) is 15.9. The average molecular weight is 334 g/mol. The fourth-order valence-electron chi connectivity index (χ4n) is 1.38. The zero-order valence-electron chi connectivity index (χ0n) is 14.7. The number of guanidine groups is 1. The lowest BCUT2D eigenvalue weighted by Crippen LogP contribution is -2.48. The molecule has 0 unspecified atom stereocenters. The minimum absolute atomic E-state index is 0.0219. The standard InChI is InChI=1S/C14H30N4O3S/c1-8-15-12(16-9-11(19)18-13(2,3)4)17-10-14(5,6)22(7,20)21/h8-10H2,1-7H3,(H,18,19)(H2,15,16,17). The number of hydrogen-bond acceptors (Lipinski definition) is 4. The van der Waals surface area contributed by atoms with Crippen molar-refractivity contribution in [3.8, 4) is 0 Å². The number of hydrogen-bond donors (Lipinski definition) is 3. The van der Waals surface area contributed by atoms with Crippen LogP contribution in [0.15, 0.2) is 4.99 Å². The number of aliphatic imine (C=N–C) groups is 1. The number of carbonyl (C=O) groups is 1. The molecule has 7 nitrogen and oxygen atoms in total. The van der Waals surface area contributed by atoms with Crippen molar-refractivity contribution in [3.05, 3.63) is 0 Å². The first-order valence-electron chi connectivity index (χ1n) is 7.31. The maximum Gasteiger partial charge on any atom is 0.242 e. The Kier molecular flexibility index (Phi) is 7.34. The Morgan fingerprint density at radius 3 is 2.05 bits per heavy atom. The monoisotopic (exact) mass is 334 g/mol. The molecule has 1 amide bonds. The normalized spacial score (nSPS) is 13.7. The molecule has 0 saturated carbocycles. The fourth-order valence-corrected chi connectivity index (χ4v) is 1.71. The van der Waals surface area contributed by atoms with E-state index in [0.717, 1.165) is 0 Å². The first-order valence-corrected chi connectivity index (χ1v) is 9.20. The maximum atomic E-state index is 11.8. The van der Waals surface area contributed by atoms with Crippen LogP contribution in [0.3, 0.4) is 0 Å². The first kappa shape index (κ1) is 20.7. The third kappa shape index (κ3) is 8.21. The summed E-state index contributed by atoms with van der Waals surface area (Å²) >= 11 is 0. The minimum atomic E-state index is -3.19. The van der Waals surface area contributed by atoms with Gasteiger partial charge in [-0.1, -0.05) is 0 Å². The average Bonchev–Trinajstić information content (AvgIpc) is 2.29. The van der Waals surface area contributed by atoms with Crippen molar-refractivity contribution in [2.24, 2.45) is 4.99 Å². The predicted octanol–water partition coefficient (Wildman–Crippen LogP) is 0.279. The van der Waals surface area contributed by atoms with Crippen molar-refractivity contribution in [3.63, 3.8) is 0 Å². The van der Waals surface area contributed by atoms with Crippen molar-refractivity contribution in [1.29, 1.82) is 0 Å². The summed E-state index contributed by atoms with van der Waals surface area (Å²) in [6.07, 6.45) is 1.20. The molecule has 0 rings (SSSR count). The molecule has 0 fully saturated rings. The number of amides is 1. The maximum absolute atomic E-state index is 11.8. The van der Waals surface area contributed by atoms with Crippen LogP contribution >= 0.6 is 0 Å². The van der Waals surface area contributed by atoms with E-state index in [4.69, 9.17) is 0 Å². The van der Waals surface area contributed by atoms with Crippen molar-refractivity contribution >= 4 is 21.7 Å². The van der Waals surface area contributed by atoms with E-state index in [1.54, 1.807) is 13.8 Å². The van der Waals surface area contributed by atoms with Crippen LogP contribution in [0.2, 0.25) is 0 Å². The fraction of sp³-hybridized carbons (Fsp3) is 0.857. The van der Waals surface area contributed by atoms with E-state index in [1.807, 2.05) is 27.7 Å². The van der Waals surface area contributed by atoms with Crippen LogP contribution in [0.1, 0.15) is 41.5 Å². The zero-order valence-corrected chi connectivity index (χ0v) is 15.5. The van der Waals surface area contributed by atoms with Crippen LogP contribution in [-0.2, 0) is 14.6 Å². The van der Waals surface area contributed by atoms with Gasteiger partial charge in [-0.2, -0.15) is 0 Å². The molecule has 0 radical (unpaired) electrons. The quantitative estimate of drug-likeness (QED) is 0.478. The van der Waals surface area contributed by atoms with Gasteiger partial charge in [0.25, 0.3) is 0 Å². The largest absolute Gasteiger partial charge is 0.357 e. The van der Waals surface area contributed by atoms with Crippen LogP contribution in [-0.4, -0.2) is 56.5 Å². The van der Waals surface area contributed by atoms with Gasteiger partial charge in [0.05, 0.1) is 4.75 Å². The van der Waals surface area contributed by atoms with E-state index in [-0.39, 0.29) is 24.5 Å². The van der Waals surface area contributed by atoms with Gasteiger partial charge in [0.2, 0.25) is 5.91 Å². The van der Waals surface area contributed by atoms with Gasteiger partial charge >= 0.3 is 0 Å². The van der Waals surface area contributed by atoms with Gasteiger partial charge in [-0.3, -0.25) is 4.79 Å². The Morgan fingerprint density at radius 1 is 1.09 bits per heavy atom. The molecule has 8 heteroatoms. The first-order chi connectivity index (χ1) is 9.78. The molecule has 0 aromatic carbocycles. The number of rotatable bonds is 6. The number of nitrogens with one attached hydrogen (secondary N) is 3. The smallest absolute Gasteiger partial charge is 0.242 e. The van der Waals surface area contributed by atoms with Crippen LogP contribution in [0, 0.1) is 0 Å². The molecule has 0 bridgehead atoms. The van der Waals surface area contributed by atoms with Crippen LogP contribution in [0.4, 0.5) is 0 Å².